The van der Waals surface area contributed by atoms with Gasteiger partial charge in [0.25, 0.3) is 11.8 Å². The maximum atomic E-state index is 12.2. The number of benzene rings is 2. The Morgan fingerprint density at radius 2 is 1.65 bits per heavy atom. The van der Waals surface area contributed by atoms with E-state index in [9.17, 15) is 9.59 Å². The maximum absolute atomic E-state index is 12.2. The van der Waals surface area contributed by atoms with Gasteiger partial charge in [0.15, 0.2) is 0 Å². The Balaban J connectivity index is 2.08. The quantitative estimate of drug-likeness (QED) is 0.898. The van der Waals surface area contributed by atoms with E-state index in [1.807, 2.05) is 13.8 Å². The van der Waals surface area contributed by atoms with E-state index in [0.29, 0.717) is 34.9 Å². The third-order valence-electron chi connectivity index (χ3n) is 3.53. The summed E-state index contributed by atoms with van der Waals surface area (Å²) >= 11 is 5.88. The standard InChI is InChI=1S/C18H19ClN2O2/c1-3-21(4-2)18(23)13-8-10-16(11-9-13)20-17(22)14-6-5-7-15(19)12-14/h5-12H,3-4H2,1-2H3,(H,20,22). The highest BCUT2D eigenvalue weighted by atomic mass is 35.5. The zero-order valence-electron chi connectivity index (χ0n) is 13.2. The lowest BCUT2D eigenvalue weighted by Crippen LogP contribution is -2.30. The van der Waals surface area contributed by atoms with Crippen LogP contribution in [-0.4, -0.2) is 29.8 Å². The molecule has 0 saturated carbocycles. The van der Waals surface area contributed by atoms with E-state index in [1.54, 1.807) is 53.4 Å². The van der Waals surface area contributed by atoms with Gasteiger partial charge in [-0.3, -0.25) is 9.59 Å². The van der Waals surface area contributed by atoms with E-state index in [-0.39, 0.29) is 11.8 Å². The molecule has 0 aliphatic rings. The van der Waals surface area contributed by atoms with Gasteiger partial charge in [0.1, 0.15) is 0 Å². The Bertz CT molecular complexity index is 694. The molecular weight excluding hydrogens is 312 g/mol. The van der Waals surface area contributed by atoms with Gasteiger partial charge in [-0.25, -0.2) is 0 Å². The van der Waals surface area contributed by atoms with E-state index < -0.39 is 0 Å². The van der Waals surface area contributed by atoms with E-state index in [0.717, 1.165) is 0 Å². The summed E-state index contributed by atoms with van der Waals surface area (Å²) in [6.45, 7) is 5.23. The largest absolute Gasteiger partial charge is 0.339 e. The molecule has 2 aromatic carbocycles. The number of carbonyl (C=O) groups is 2. The van der Waals surface area contributed by atoms with Crippen LogP contribution in [0.25, 0.3) is 0 Å². The summed E-state index contributed by atoms with van der Waals surface area (Å²) in [6, 6.07) is 13.6. The fourth-order valence-electron chi connectivity index (χ4n) is 2.22. The molecule has 0 saturated heterocycles. The van der Waals surface area contributed by atoms with Crippen molar-refractivity contribution < 1.29 is 9.59 Å². The van der Waals surface area contributed by atoms with Crippen LogP contribution in [0.3, 0.4) is 0 Å². The number of halogens is 1. The number of anilines is 1. The maximum Gasteiger partial charge on any atom is 0.255 e. The molecule has 120 valence electrons. The molecule has 0 fully saturated rings. The Morgan fingerprint density at radius 1 is 1.00 bits per heavy atom. The Morgan fingerprint density at radius 3 is 2.22 bits per heavy atom. The second kappa shape index (κ2) is 7.79. The Hall–Kier alpha value is -2.33. The minimum absolute atomic E-state index is 0.0114. The molecule has 0 bridgehead atoms. The van der Waals surface area contributed by atoms with Gasteiger partial charge in [-0.05, 0) is 56.3 Å². The summed E-state index contributed by atoms with van der Waals surface area (Å²) in [6.07, 6.45) is 0. The fraction of sp³-hybridized carbons (Fsp3) is 0.222. The zero-order valence-corrected chi connectivity index (χ0v) is 13.9. The molecule has 0 aliphatic heterocycles. The summed E-state index contributed by atoms with van der Waals surface area (Å²) in [7, 11) is 0. The van der Waals surface area contributed by atoms with E-state index in [2.05, 4.69) is 5.32 Å². The van der Waals surface area contributed by atoms with Crippen LogP contribution in [0.15, 0.2) is 48.5 Å². The van der Waals surface area contributed by atoms with Crippen LogP contribution in [0.2, 0.25) is 5.02 Å². The van der Waals surface area contributed by atoms with Gasteiger partial charge in [0.05, 0.1) is 0 Å². The third kappa shape index (κ3) is 4.33. The van der Waals surface area contributed by atoms with Crippen LogP contribution >= 0.6 is 11.6 Å². The smallest absolute Gasteiger partial charge is 0.255 e. The minimum atomic E-state index is -0.240. The molecule has 2 amide bonds. The highest BCUT2D eigenvalue weighted by Gasteiger charge is 2.12. The number of hydrogen-bond acceptors (Lipinski definition) is 2. The number of nitrogens with one attached hydrogen (secondary N) is 1. The molecule has 0 radical (unpaired) electrons. The Kier molecular flexibility index (Phi) is 5.77. The van der Waals surface area contributed by atoms with Crippen molar-refractivity contribution in [3.63, 3.8) is 0 Å². The van der Waals surface area contributed by atoms with E-state index in [1.165, 1.54) is 0 Å². The van der Waals surface area contributed by atoms with Gasteiger partial charge in [-0.1, -0.05) is 17.7 Å². The van der Waals surface area contributed by atoms with Crippen molar-refractivity contribution in [2.75, 3.05) is 18.4 Å². The van der Waals surface area contributed by atoms with Crippen LogP contribution in [0.1, 0.15) is 34.6 Å². The first-order valence-corrected chi connectivity index (χ1v) is 7.89. The molecule has 0 aliphatic carbocycles. The molecule has 23 heavy (non-hydrogen) atoms. The van der Waals surface area contributed by atoms with Crippen molar-refractivity contribution in [2.45, 2.75) is 13.8 Å². The molecule has 2 aromatic rings. The lowest BCUT2D eigenvalue weighted by molar-refractivity contribution is 0.0773. The van der Waals surface area contributed by atoms with Crippen molar-refractivity contribution in [2.24, 2.45) is 0 Å². The van der Waals surface area contributed by atoms with Crippen molar-refractivity contribution in [1.82, 2.24) is 4.90 Å². The first-order chi connectivity index (χ1) is 11.0. The van der Waals surface area contributed by atoms with Crippen LogP contribution in [0, 0.1) is 0 Å². The van der Waals surface area contributed by atoms with Gasteiger partial charge in [0.2, 0.25) is 0 Å². The number of amides is 2. The predicted octanol–water partition coefficient (Wildman–Crippen LogP) is 4.07. The van der Waals surface area contributed by atoms with Crippen molar-refractivity contribution in [3.05, 3.63) is 64.7 Å². The van der Waals surface area contributed by atoms with Gasteiger partial charge >= 0.3 is 0 Å². The normalized spacial score (nSPS) is 10.2. The van der Waals surface area contributed by atoms with Crippen molar-refractivity contribution in [1.29, 1.82) is 0 Å². The summed E-state index contributed by atoms with van der Waals surface area (Å²) < 4.78 is 0. The number of rotatable bonds is 5. The van der Waals surface area contributed by atoms with Crippen LogP contribution in [0.4, 0.5) is 5.69 Å². The lowest BCUT2D eigenvalue weighted by atomic mass is 10.1. The molecular formula is C18H19ClN2O2. The molecule has 4 nitrogen and oxygen atoms in total. The summed E-state index contributed by atoms with van der Waals surface area (Å²) in [5.74, 6) is -0.252. The Labute approximate surface area is 141 Å². The van der Waals surface area contributed by atoms with E-state index >= 15 is 0 Å². The summed E-state index contributed by atoms with van der Waals surface area (Å²) in [5.41, 5.74) is 1.72. The first kappa shape index (κ1) is 17.0. The van der Waals surface area contributed by atoms with Crippen molar-refractivity contribution >= 4 is 29.1 Å². The first-order valence-electron chi connectivity index (χ1n) is 7.51. The van der Waals surface area contributed by atoms with Gasteiger partial charge in [0, 0.05) is 34.9 Å². The number of nitrogens with zero attached hydrogens (tertiary/aromatic N) is 1. The van der Waals surface area contributed by atoms with Crippen LogP contribution in [-0.2, 0) is 0 Å². The van der Waals surface area contributed by atoms with Gasteiger partial charge < -0.3 is 10.2 Å². The minimum Gasteiger partial charge on any atom is -0.339 e. The molecule has 0 aromatic heterocycles. The van der Waals surface area contributed by atoms with Crippen LogP contribution in [0.5, 0.6) is 0 Å². The zero-order chi connectivity index (χ0) is 16.8. The average molecular weight is 331 g/mol. The van der Waals surface area contributed by atoms with Gasteiger partial charge in [-0.15, -0.1) is 0 Å². The van der Waals surface area contributed by atoms with Crippen LogP contribution < -0.4 is 5.32 Å². The number of hydrogen-bond donors (Lipinski definition) is 1. The van der Waals surface area contributed by atoms with Crippen molar-refractivity contribution in [3.8, 4) is 0 Å². The molecule has 0 atom stereocenters. The average Bonchev–Trinajstić information content (AvgIpc) is 2.56. The van der Waals surface area contributed by atoms with E-state index in [4.69, 9.17) is 11.6 Å². The SMILES string of the molecule is CCN(CC)C(=O)c1ccc(NC(=O)c2cccc(Cl)c2)cc1. The molecule has 0 spiro atoms. The lowest BCUT2D eigenvalue weighted by Gasteiger charge is -2.18. The molecule has 1 N–H and O–H groups in total. The number of carbonyl (C=O) groups excluding carboxylic acids is 2. The highest BCUT2D eigenvalue weighted by Crippen LogP contribution is 2.15. The summed E-state index contributed by atoms with van der Waals surface area (Å²) in [4.78, 5) is 26.1. The molecule has 0 unspecified atom stereocenters. The fourth-order valence-corrected chi connectivity index (χ4v) is 2.41. The molecule has 5 heteroatoms. The second-order valence-electron chi connectivity index (χ2n) is 5.02. The topological polar surface area (TPSA) is 49.4 Å². The highest BCUT2D eigenvalue weighted by molar-refractivity contribution is 6.31. The third-order valence-corrected chi connectivity index (χ3v) is 3.76. The van der Waals surface area contributed by atoms with Gasteiger partial charge in [-0.2, -0.15) is 0 Å². The predicted molar refractivity (Wildman–Crippen MR) is 93.1 cm³/mol. The monoisotopic (exact) mass is 330 g/mol. The summed E-state index contributed by atoms with van der Waals surface area (Å²) in [5, 5.41) is 3.30. The second-order valence-corrected chi connectivity index (χ2v) is 5.46. The molecule has 2 rings (SSSR count). The molecule has 0 heterocycles.